The molecule has 1 aromatic heterocycles. The van der Waals surface area contributed by atoms with Crippen LogP contribution in [0.25, 0.3) is 0 Å². The number of rotatable bonds is 3. The molecule has 2 heterocycles. The van der Waals surface area contributed by atoms with Gasteiger partial charge in [-0.3, -0.25) is 9.48 Å². The standard InChI is InChI=1S/C15H22F3N3O2/c1-10(2)21-12(15(16,17)18)11(8-19-21)13(23)20-6-4-14(3,9-22)5-7-20/h8,10,22H,4-7,9H2,1-3H3. The monoisotopic (exact) mass is 333 g/mol. The van der Waals surface area contributed by atoms with Crippen molar-refractivity contribution in [2.75, 3.05) is 19.7 Å². The van der Waals surface area contributed by atoms with Crippen molar-refractivity contribution in [3.05, 3.63) is 17.5 Å². The average molecular weight is 333 g/mol. The highest BCUT2D eigenvalue weighted by Crippen LogP contribution is 2.35. The first-order valence-electron chi connectivity index (χ1n) is 7.64. The number of carbonyl (C=O) groups excluding carboxylic acids is 1. The lowest BCUT2D eigenvalue weighted by Gasteiger charge is -2.38. The molecular weight excluding hydrogens is 311 g/mol. The first-order valence-corrected chi connectivity index (χ1v) is 7.64. The van der Waals surface area contributed by atoms with Gasteiger partial charge in [0.25, 0.3) is 5.91 Å². The summed E-state index contributed by atoms with van der Waals surface area (Å²) in [5, 5.41) is 13.1. The van der Waals surface area contributed by atoms with Crippen molar-refractivity contribution in [3.63, 3.8) is 0 Å². The predicted octanol–water partition coefficient (Wildman–Crippen LogP) is 2.72. The van der Waals surface area contributed by atoms with Crippen LogP contribution in [0.5, 0.6) is 0 Å². The molecule has 1 aliphatic heterocycles. The molecule has 0 atom stereocenters. The number of hydrogen-bond donors (Lipinski definition) is 1. The molecule has 1 N–H and O–H groups in total. The minimum absolute atomic E-state index is 0.00805. The normalized spacial score (nSPS) is 18.5. The maximum atomic E-state index is 13.3. The number of piperidine rings is 1. The lowest BCUT2D eigenvalue weighted by molar-refractivity contribution is -0.145. The summed E-state index contributed by atoms with van der Waals surface area (Å²) in [6.45, 7) is 5.76. The van der Waals surface area contributed by atoms with E-state index in [4.69, 9.17) is 0 Å². The van der Waals surface area contributed by atoms with Crippen molar-refractivity contribution in [3.8, 4) is 0 Å². The number of carbonyl (C=O) groups is 1. The summed E-state index contributed by atoms with van der Waals surface area (Å²) in [7, 11) is 0. The SMILES string of the molecule is CC(C)n1ncc(C(=O)N2CCC(C)(CO)CC2)c1C(F)(F)F. The van der Waals surface area contributed by atoms with E-state index in [0.29, 0.717) is 25.9 Å². The summed E-state index contributed by atoms with van der Waals surface area (Å²) in [6, 6.07) is -0.493. The molecule has 0 aromatic carbocycles. The maximum Gasteiger partial charge on any atom is 0.433 e. The third-order valence-electron chi connectivity index (χ3n) is 4.42. The second-order valence-electron chi connectivity index (χ2n) is 6.70. The Labute approximate surface area is 133 Å². The van der Waals surface area contributed by atoms with Gasteiger partial charge < -0.3 is 10.0 Å². The number of hydrogen-bond acceptors (Lipinski definition) is 3. The first-order chi connectivity index (χ1) is 10.6. The Morgan fingerprint density at radius 1 is 1.39 bits per heavy atom. The molecule has 8 heteroatoms. The number of aliphatic hydroxyl groups excluding tert-OH is 1. The van der Waals surface area contributed by atoms with Gasteiger partial charge in [-0.25, -0.2) is 0 Å². The van der Waals surface area contributed by atoms with E-state index in [1.165, 1.54) is 4.90 Å². The largest absolute Gasteiger partial charge is 0.433 e. The zero-order chi connectivity index (χ0) is 17.4. The summed E-state index contributed by atoms with van der Waals surface area (Å²) in [5.74, 6) is -0.649. The van der Waals surface area contributed by atoms with Crippen LogP contribution >= 0.6 is 0 Å². The van der Waals surface area contributed by atoms with Gasteiger partial charge in [0.15, 0.2) is 5.69 Å². The number of aromatic nitrogens is 2. The Kier molecular flexibility index (Phi) is 4.75. The Morgan fingerprint density at radius 3 is 2.39 bits per heavy atom. The molecule has 0 spiro atoms. The van der Waals surface area contributed by atoms with E-state index >= 15 is 0 Å². The van der Waals surface area contributed by atoms with Crippen molar-refractivity contribution in [1.29, 1.82) is 0 Å². The molecule has 0 bridgehead atoms. The minimum Gasteiger partial charge on any atom is -0.396 e. The molecule has 1 fully saturated rings. The molecule has 2 rings (SSSR count). The zero-order valence-corrected chi connectivity index (χ0v) is 13.5. The first kappa shape index (κ1) is 17.8. The van der Waals surface area contributed by atoms with Crippen LogP contribution in [0.3, 0.4) is 0 Å². The van der Waals surface area contributed by atoms with Gasteiger partial charge in [0.1, 0.15) is 0 Å². The van der Waals surface area contributed by atoms with E-state index in [0.717, 1.165) is 10.9 Å². The zero-order valence-electron chi connectivity index (χ0n) is 13.5. The van der Waals surface area contributed by atoms with Crippen LogP contribution in [-0.2, 0) is 6.18 Å². The van der Waals surface area contributed by atoms with Gasteiger partial charge in [-0.1, -0.05) is 6.92 Å². The van der Waals surface area contributed by atoms with Crippen molar-refractivity contribution >= 4 is 5.91 Å². The van der Waals surface area contributed by atoms with E-state index in [9.17, 15) is 23.1 Å². The average Bonchev–Trinajstić information content (AvgIpc) is 2.92. The number of nitrogens with zero attached hydrogens (tertiary/aromatic N) is 3. The number of halogens is 3. The van der Waals surface area contributed by atoms with E-state index in [-0.39, 0.29) is 12.0 Å². The topological polar surface area (TPSA) is 58.4 Å². The second-order valence-corrected chi connectivity index (χ2v) is 6.70. The lowest BCUT2D eigenvalue weighted by atomic mass is 9.81. The predicted molar refractivity (Wildman–Crippen MR) is 77.9 cm³/mol. The Morgan fingerprint density at radius 2 is 1.96 bits per heavy atom. The van der Waals surface area contributed by atoms with Crippen molar-refractivity contribution in [2.45, 2.75) is 45.8 Å². The van der Waals surface area contributed by atoms with Crippen LogP contribution in [-0.4, -0.2) is 45.4 Å². The molecule has 0 aliphatic carbocycles. The molecule has 0 unspecified atom stereocenters. The van der Waals surface area contributed by atoms with E-state index in [2.05, 4.69) is 5.10 Å². The van der Waals surface area contributed by atoms with Crippen LogP contribution in [0.15, 0.2) is 6.20 Å². The fourth-order valence-corrected chi connectivity index (χ4v) is 2.77. The van der Waals surface area contributed by atoms with E-state index in [1.54, 1.807) is 13.8 Å². The summed E-state index contributed by atoms with van der Waals surface area (Å²) in [5.41, 5.74) is -1.67. The number of likely N-dealkylation sites (tertiary alicyclic amines) is 1. The highest BCUT2D eigenvalue weighted by atomic mass is 19.4. The van der Waals surface area contributed by atoms with Crippen LogP contribution in [0.2, 0.25) is 0 Å². The Balaban J connectivity index is 2.27. The smallest absolute Gasteiger partial charge is 0.396 e. The molecule has 130 valence electrons. The van der Waals surface area contributed by atoms with Gasteiger partial charge in [0.2, 0.25) is 0 Å². The molecule has 0 saturated carbocycles. The third-order valence-corrected chi connectivity index (χ3v) is 4.42. The summed E-state index contributed by atoms with van der Waals surface area (Å²) >= 11 is 0. The highest BCUT2D eigenvalue weighted by molar-refractivity contribution is 5.95. The summed E-state index contributed by atoms with van der Waals surface area (Å²) in [6.07, 6.45) is -2.50. The number of alkyl halides is 3. The Bertz CT molecular complexity index is 573. The highest BCUT2D eigenvalue weighted by Gasteiger charge is 2.42. The fourth-order valence-electron chi connectivity index (χ4n) is 2.77. The van der Waals surface area contributed by atoms with E-state index in [1.807, 2.05) is 6.92 Å². The molecule has 23 heavy (non-hydrogen) atoms. The van der Waals surface area contributed by atoms with Crippen LogP contribution < -0.4 is 0 Å². The molecule has 1 saturated heterocycles. The summed E-state index contributed by atoms with van der Waals surface area (Å²) in [4.78, 5) is 13.9. The van der Waals surface area contributed by atoms with Crippen LogP contribution in [0, 0.1) is 5.41 Å². The van der Waals surface area contributed by atoms with Crippen LogP contribution in [0.1, 0.15) is 55.7 Å². The van der Waals surface area contributed by atoms with Gasteiger partial charge in [0, 0.05) is 25.7 Å². The Hall–Kier alpha value is -1.57. The molecule has 1 aromatic rings. The number of amides is 1. The van der Waals surface area contributed by atoms with Gasteiger partial charge in [-0.05, 0) is 32.1 Å². The second kappa shape index (κ2) is 6.14. The molecule has 1 aliphatic rings. The van der Waals surface area contributed by atoms with Crippen molar-refractivity contribution in [2.24, 2.45) is 5.41 Å². The number of aliphatic hydroxyl groups is 1. The van der Waals surface area contributed by atoms with Gasteiger partial charge in [-0.2, -0.15) is 18.3 Å². The quantitative estimate of drug-likeness (QED) is 0.925. The molecule has 0 radical (unpaired) electrons. The van der Waals surface area contributed by atoms with Crippen molar-refractivity contribution < 1.29 is 23.1 Å². The fraction of sp³-hybridized carbons (Fsp3) is 0.733. The summed E-state index contributed by atoms with van der Waals surface area (Å²) < 4.78 is 40.9. The molecular formula is C15H22F3N3O2. The van der Waals surface area contributed by atoms with Gasteiger partial charge in [0.05, 0.1) is 11.8 Å². The lowest BCUT2D eigenvalue weighted by Crippen LogP contribution is -2.43. The van der Waals surface area contributed by atoms with Crippen LogP contribution in [0.4, 0.5) is 13.2 Å². The van der Waals surface area contributed by atoms with Gasteiger partial charge in [-0.15, -0.1) is 0 Å². The maximum absolute atomic E-state index is 13.3. The van der Waals surface area contributed by atoms with E-state index < -0.39 is 29.4 Å². The minimum atomic E-state index is -4.64. The molecule has 5 nitrogen and oxygen atoms in total. The molecule has 1 amide bonds. The van der Waals surface area contributed by atoms with Crippen molar-refractivity contribution in [1.82, 2.24) is 14.7 Å². The third kappa shape index (κ3) is 3.52. The van der Waals surface area contributed by atoms with Gasteiger partial charge >= 0.3 is 6.18 Å².